The molecule has 0 saturated carbocycles. The van der Waals surface area contributed by atoms with E-state index in [1.807, 2.05) is 0 Å². The molecule has 0 aliphatic heterocycles. The van der Waals surface area contributed by atoms with Crippen LogP contribution < -0.4 is 4.18 Å². The van der Waals surface area contributed by atoms with Crippen LogP contribution in [0.2, 0.25) is 5.02 Å². The summed E-state index contributed by atoms with van der Waals surface area (Å²) in [7, 11) is -4.30. The van der Waals surface area contributed by atoms with Crippen molar-refractivity contribution in [1.29, 1.82) is 0 Å². The van der Waals surface area contributed by atoms with Crippen LogP contribution >= 0.6 is 11.6 Å². The normalized spacial score (nSPS) is 11.1. The molecular weight excluding hydrogens is 318 g/mol. The van der Waals surface area contributed by atoms with E-state index in [4.69, 9.17) is 15.8 Å². The Labute approximate surface area is 126 Å². The Morgan fingerprint density at radius 2 is 1.86 bits per heavy atom. The maximum absolute atomic E-state index is 12.2. The van der Waals surface area contributed by atoms with Crippen LogP contribution in [-0.2, 0) is 10.1 Å². The van der Waals surface area contributed by atoms with E-state index in [2.05, 4.69) is 0 Å². The lowest BCUT2D eigenvalue weighted by Gasteiger charge is -2.08. The zero-order chi connectivity index (χ0) is 15.6. The zero-order valence-electron chi connectivity index (χ0n) is 10.8. The van der Waals surface area contributed by atoms with Crippen molar-refractivity contribution in [2.45, 2.75) is 11.8 Å². The van der Waals surface area contributed by atoms with Crippen molar-refractivity contribution < 1.29 is 17.5 Å². The quantitative estimate of drug-likeness (QED) is 0.488. The van der Waals surface area contributed by atoms with Gasteiger partial charge in [-0.3, -0.25) is 10.1 Å². The van der Waals surface area contributed by atoms with E-state index in [-0.39, 0.29) is 5.75 Å². The fourth-order valence-electron chi connectivity index (χ4n) is 1.66. The standard InChI is InChI=1S/C13H10ClNO5S/c1-9-8-10(6-7-11(9)14)20-21(18,19)13-5-3-2-4-12(13)15(16)17/h2-8H,1H3. The Balaban J connectivity index is 2.43. The molecule has 21 heavy (non-hydrogen) atoms. The molecule has 0 unspecified atom stereocenters. The molecule has 2 aromatic rings. The number of nitro groups is 1. The van der Waals surface area contributed by atoms with Gasteiger partial charge in [0.1, 0.15) is 5.75 Å². The largest absolute Gasteiger partial charge is 0.379 e. The van der Waals surface area contributed by atoms with Crippen LogP contribution in [-0.4, -0.2) is 13.3 Å². The Hall–Kier alpha value is -2.12. The molecule has 110 valence electrons. The highest BCUT2D eigenvalue weighted by Gasteiger charge is 2.27. The molecule has 2 rings (SSSR count). The van der Waals surface area contributed by atoms with Crippen LogP contribution in [0.3, 0.4) is 0 Å². The van der Waals surface area contributed by atoms with Crippen molar-refractivity contribution in [2.24, 2.45) is 0 Å². The number of para-hydroxylation sites is 1. The highest BCUT2D eigenvalue weighted by molar-refractivity contribution is 7.87. The minimum atomic E-state index is -4.30. The summed E-state index contributed by atoms with van der Waals surface area (Å²) < 4.78 is 29.3. The average molecular weight is 328 g/mol. The number of nitro benzene ring substituents is 1. The summed E-state index contributed by atoms with van der Waals surface area (Å²) in [4.78, 5) is 9.62. The van der Waals surface area contributed by atoms with Gasteiger partial charge in [-0.15, -0.1) is 0 Å². The molecule has 0 aliphatic rings. The van der Waals surface area contributed by atoms with Crippen molar-refractivity contribution in [3.05, 3.63) is 63.2 Å². The summed E-state index contributed by atoms with van der Waals surface area (Å²) in [6, 6.07) is 9.29. The maximum atomic E-state index is 12.2. The van der Waals surface area contributed by atoms with Crippen molar-refractivity contribution >= 4 is 27.4 Å². The van der Waals surface area contributed by atoms with Gasteiger partial charge < -0.3 is 4.18 Å². The highest BCUT2D eigenvalue weighted by atomic mass is 35.5. The molecule has 0 N–H and O–H groups in total. The van der Waals surface area contributed by atoms with Gasteiger partial charge >= 0.3 is 10.1 Å². The highest BCUT2D eigenvalue weighted by Crippen LogP contribution is 2.28. The number of benzene rings is 2. The molecular formula is C13H10ClNO5S. The van der Waals surface area contributed by atoms with E-state index < -0.39 is 25.6 Å². The van der Waals surface area contributed by atoms with Crippen LogP contribution in [0.15, 0.2) is 47.4 Å². The number of aryl methyl sites for hydroxylation is 1. The predicted molar refractivity (Wildman–Crippen MR) is 77.1 cm³/mol. The van der Waals surface area contributed by atoms with Gasteiger partial charge in [-0.2, -0.15) is 8.42 Å². The first kappa shape index (κ1) is 15.3. The first-order chi connectivity index (χ1) is 9.81. The molecule has 0 heterocycles. The van der Waals surface area contributed by atoms with Gasteiger partial charge in [-0.05, 0) is 36.8 Å². The van der Waals surface area contributed by atoms with Crippen molar-refractivity contribution in [3.63, 3.8) is 0 Å². The summed E-state index contributed by atoms with van der Waals surface area (Å²) in [5.74, 6) is 0.0371. The molecule has 0 aliphatic carbocycles. The van der Waals surface area contributed by atoms with E-state index in [0.717, 1.165) is 12.1 Å². The Kier molecular flexibility index (Phi) is 4.15. The number of rotatable bonds is 4. The van der Waals surface area contributed by atoms with Crippen LogP contribution in [0.5, 0.6) is 5.75 Å². The number of hydrogen-bond donors (Lipinski definition) is 0. The van der Waals surface area contributed by atoms with Gasteiger partial charge in [-0.1, -0.05) is 23.7 Å². The number of halogens is 1. The van der Waals surface area contributed by atoms with Crippen LogP contribution in [0.1, 0.15) is 5.56 Å². The summed E-state index contributed by atoms with van der Waals surface area (Å²) in [5.41, 5.74) is 0.0927. The molecule has 0 spiro atoms. The fraction of sp³-hybridized carbons (Fsp3) is 0.0769. The first-order valence-corrected chi connectivity index (χ1v) is 7.54. The van der Waals surface area contributed by atoms with Gasteiger partial charge in [0.25, 0.3) is 5.69 Å². The lowest BCUT2D eigenvalue weighted by atomic mass is 10.2. The summed E-state index contributed by atoms with van der Waals surface area (Å²) >= 11 is 5.84. The molecule has 2 aromatic carbocycles. The molecule has 6 nitrogen and oxygen atoms in total. The van der Waals surface area contributed by atoms with Crippen LogP contribution in [0, 0.1) is 17.0 Å². The van der Waals surface area contributed by atoms with E-state index in [1.54, 1.807) is 6.92 Å². The molecule has 0 atom stereocenters. The van der Waals surface area contributed by atoms with Crippen molar-refractivity contribution in [2.75, 3.05) is 0 Å². The second-order valence-electron chi connectivity index (χ2n) is 4.17. The zero-order valence-corrected chi connectivity index (χ0v) is 12.4. The second kappa shape index (κ2) is 5.71. The molecule has 0 radical (unpaired) electrons. The first-order valence-electron chi connectivity index (χ1n) is 5.75. The third-order valence-electron chi connectivity index (χ3n) is 2.67. The molecule has 0 aromatic heterocycles. The number of hydrogen-bond acceptors (Lipinski definition) is 5. The fourth-order valence-corrected chi connectivity index (χ4v) is 2.87. The summed E-state index contributed by atoms with van der Waals surface area (Å²) in [6.45, 7) is 1.69. The summed E-state index contributed by atoms with van der Waals surface area (Å²) in [6.07, 6.45) is 0. The second-order valence-corrected chi connectivity index (χ2v) is 6.10. The van der Waals surface area contributed by atoms with E-state index in [9.17, 15) is 18.5 Å². The van der Waals surface area contributed by atoms with Crippen LogP contribution in [0.25, 0.3) is 0 Å². The third kappa shape index (κ3) is 3.32. The Morgan fingerprint density at radius 3 is 2.48 bits per heavy atom. The summed E-state index contributed by atoms with van der Waals surface area (Å²) in [5, 5.41) is 11.4. The van der Waals surface area contributed by atoms with Crippen molar-refractivity contribution in [3.8, 4) is 5.75 Å². The van der Waals surface area contributed by atoms with Crippen molar-refractivity contribution in [1.82, 2.24) is 0 Å². The molecule has 0 amide bonds. The smallest absolute Gasteiger partial charge is 0.346 e. The van der Waals surface area contributed by atoms with E-state index in [1.165, 1.54) is 30.3 Å². The topological polar surface area (TPSA) is 86.5 Å². The molecule has 0 fully saturated rings. The van der Waals surface area contributed by atoms with Gasteiger partial charge in [-0.25, -0.2) is 0 Å². The monoisotopic (exact) mass is 327 g/mol. The van der Waals surface area contributed by atoms with Gasteiger partial charge in [0.2, 0.25) is 0 Å². The number of nitrogens with zero attached hydrogens (tertiary/aromatic N) is 1. The van der Waals surface area contributed by atoms with Gasteiger partial charge in [0, 0.05) is 11.1 Å². The van der Waals surface area contributed by atoms with Gasteiger partial charge in [0.05, 0.1) is 4.92 Å². The van der Waals surface area contributed by atoms with E-state index in [0.29, 0.717) is 10.6 Å². The third-order valence-corrected chi connectivity index (χ3v) is 4.39. The molecule has 0 bridgehead atoms. The minimum absolute atomic E-state index is 0.0371. The lowest BCUT2D eigenvalue weighted by Crippen LogP contribution is -2.12. The lowest BCUT2D eigenvalue weighted by molar-refractivity contribution is -0.387. The predicted octanol–water partition coefficient (Wildman–Crippen LogP) is 3.32. The van der Waals surface area contributed by atoms with Crippen LogP contribution in [0.4, 0.5) is 5.69 Å². The maximum Gasteiger partial charge on any atom is 0.346 e. The van der Waals surface area contributed by atoms with Gasteiger partial charge in [0.15, 0.2) is 4.90 Å². The molecule has 0 saturated heterocycles. The average Bonchev–Trinajstić information content (AvgIpc) is 2.42. The van der Waals surface area contributed by atoms with E-state index >= 15 is 0 Å². The Bertz CT molecular complexity index is 804. The SMILES string of the molecule is Cc1cc(OS(=O)(=O)c2ccccc2[N+](=O)[O-])ccc1Cl. The Morgan fingerprint density at radius 1 is 1.19 bits per heavy atom. The molecule has 8 heteroatoms. The minimum Gasteiger partial charge on any atom is -0.379 e.